The van der Waals surface area contributed by atoms with E-state index in [9.17, 15) is 9.59 Å². The Morgan fingerprint density at radius 3 is 2.58 bits per heavy atom. The largest absolute Gasteiger partial charge is 0.465 e. The minimum absolute atomic E-state index is 0.420. The highest BCUT2D eigenvalue weighted by Gasteiger charge is 2.35. The molecule has 0 amide bonds. The first-order chi connectivity index (χ1) is 11.6. The molecule has 1 aromatic heterocycles. The van der Waals surface area contributed by atoms with Gasteiger partial charge in [-0.1, -0.05) is 6.07 Å². The van der Waals surface area contributed by atoms with Gasteiger partial charge >= 0.3 is 11.9 Å². The predicted octanol–water partition coefficient (Wildman–Crippen LogP) is 2.77. The lowest BCUT2D eigenvalue weighted by Gasteiger charge is -2.22. The molecule has 24 heavy (non-hydrogen) atoms. The molecule has 0 spiro atoms. The predicted molar refractivity (Wildman–Crippen MR) is 92.2 cm³/mol. The Kier molecular flexibility index (Phi) is 4.57. The van der Waals surface area contributed by atoms with Gasteiger partial charge in [0.15, 0.2) is 0 Å². The number of carbonyl (C=O) groups is 2. The molecular weight excluding hydrogens is 326 g/mol. The third-order valence-corrected chi connectivity index (χ3v) is 5.17. The zero-order valence-corrected chi connectivity index (χ0v) is 14.7. The summed E-state index contributed by atoms with van der Waals surface area (Å²) < 4.78 is 9.86. The van der Waals surface area contributed by atoms with E-state index in [1.165, 1.54) is 14.2 Å². The maximum absolute atomic E-state index is 12.3. The first-order valence-corrected chi connectivity index (χ1v) is 8.58. The second-order valence-corrected chi connectivity index (χ2v) is 6.61. The van der Waals surface area contributed by atoms with Crippen molar-refractivity contribution in [1.82, 2.24) is 4.90 Å². The number of allylic oxidation sites excluding steroid dienone is 1. The molecule has 0 aromatic carbocycles. The average Bonchev–Trinajstić information content (AvgIpc) is 3.20. The number of hydrogen-bond donors (Lipinski definition) is 0. The van der Waals surface area contributed by atoms with E-state index in [2.05, 4.69) is 4.90 Å². The third kappa shape index (κ3) is 2.67. The van der Waals surface area contributed by atoms with Gasteiger partial charge in [-0.05, 0) is 35.9 Å². The molecule has 0 saturated heterocycles. The Morgan fingerprint density at radius 1 is 1.21 bits per heavy atom. The second kappa shape index (κ2) is 6.65. The fourth-order valence-corrected chi connectivity index (χ4v) is 4.04. The summed E-state index contributed by atoms with van der Waals surface area (Å²) in [6.45, 7) is 0.850. The van der Waals surface area contributed by atoms with Crippen LogP contribution in [0.25, 0.3) is 5.70 Å². The van der Waals surface area contributed by atoms with Crippen LogP contribution in [0.1, 0.15) is 17.7 Å². The van der Waals surface area contributed by atoms with Crippen molar-refractivity contribution >= 4 is 29.0 Å². The lowest BCUT2D eigenvalue weighted by Crippen LogP contribution is -2.18. The summed E-state index contributed by atoms with van der Waals surface area (Å²) in [6.07, 6.45) is 3.22. The highest BCUT2D eigenvalue weighted by Crippen LogP contribution is 2.43. The summed E-state index contributed by atoms with van der Waals surface area (Å²) >= 11 is 1.61. The number of carbonyl (C=O) groups excluding carboxylic acids is 2. The Bertz CT molecular complexity index is 771. The van der Waals surface area contributed by atoms with Crippen molar-refractivity contribution in [2.75, 3.05) is 27.8 Å². The van der Waals surface area contributed by atoms with Crippen LogP contribution in [-0.2, 0) is 19.1 Å². The highest BCUT2D eigenvalue weighted by molar-refractivity contribution is 7.11. The smallest absolute Gasteiger partial charge is 0.338 e. The molecule has 0 N–H and O–H groups in total. The van der Waals surface area contributed by atoms with Crippen molar-refractivity contribution < 1.29 is 19.1 Å². The van der Waals surface area contributed by atoms with E-state index in [0.29, 0.717) is 11.1 Å². The quantitative estimate of drug-likeness (QED) is 0.789. The molecule has 3 rings (SSSR count). The van der Waals surface area contributed by atoms with Crippen molar-refractivity contribution in [1.29, 1.82) is 0 Å². The normalized spacial score (nSPS) is 17.5. The van der Waals surface area contributed by atoms with Crippen LogP contribution in [0.15, 0.2) is 45.9 Å². The highest BCUT2D eigenvalue weighted by atomic mass is 32.1. The number of hydrogen-bond acceptors (Lipinski definition) is 6. The Labute approximate surface area is 144 Å². The topological polar surface area (TPSA) is 55.8 Å². The van der Waals surface area contributed by atoms with Gasteiger partial charge in [0, 0.05) is 19.2 Å². The van der Waals surface area contributed by atoms with Crippen LogP contribution in [0, 0.1) is 0 Å². The molecule has 0 saturated carbocycles. The first kappa shape index (κ1) is 16.5. The minimum Gasteiger partial charge on any atom is -0.465 e. The maximum Gasteiger partial charge on any atom is 0.338 e. The molecule has 1 aliphatic carbocycles. The van der Waals surface area contributed by atoms with E-state index >= 15 is 0 Å². The van der Waals surface area contributed by atoms with Gasteiger partial charge in [-0.2, -0.15) is 0 Å². The maximum atomic E-state index is 12.3. The summed E-state index contributed by atoms with van der Waals surface area (Å²) in [5, 5.41) is 2.00. The van der Waals surface area contributed by atoms with Crippen LogP contribution in [0.5, 0.6) is 0 Å². The molecule has 2 aliphatic rings. The average molecular weight is 345 g/mol. The Morgan fingerprint density at radius 2 is 1.96 bits per heavy atom. The molecule has 0 atom stereocenters. The molecule has 6 heteroatoms. The lowest BCUT2D eigenvalue weighted by molar-refractivity contribution is -0.136. The van der Waals surface area contributed by atoms with Gasteiger partial charge in [0.1, 0.15) is 0 Å². The van der Waals surface area contributed by atoms with Gasteiger partial charge in [0.25, 0.3) is 0 Å². The lowest BCUT2D eigenvalue weighted by atomic mass is 9.96. The third-order valence-electron chi connectivity index (χ3n) is 4.29. The van der Waals surface area contributed by atoms with Crippen molar-refractivity contribution in [3.05, 3.63) is 50.8 Å². The van der Waals surface area contributed by atoms with Crippen LogP contribution in [0.3, 0.4) is 0 Å². The molecule has 0 unspecified atom stereocenters. The summed E-state index contributed by atoms with van der Waals surface area (Å²) in [6, 6.07) is 4.00. The van der Waals surface area contributed by atoms with Crippen molar-refractivity contribution in [3.8, 4) is 0 Å². The van der Waals surface area contributed by atoms with Crippen LogP contribution >= 0.6 is 11.3 Å². The van der Waals surface area contributed by atoms with E-state index in [4.69, 9.17) is 9.47 Å². The van der Waals surface area contributed by atoms with Gasteiger partial charge < -0.3 is 14.4 Å². The van der Waals surface area contributed by atoms with Crippen LogP contribution < -0.4 is 0 Å². The molecular formula is C18H19NO4S. The van der Waals surface area contributed by atoms with Gasteiger partial charge in [0.05, 0.1) is 35.9 Å². The number of ether oxygens (including phenoxy) is 2. The van der Waals surface area contributed by atoms with E-state index in [0.717, 1.165) is 41.1 Å². The second-order valence-electron chi connectivity index (χ2n) is 5.66. The SMILES string of the molecule is COC(=O)C1=CC(C(=O)OC)=C2CCCN(C)C(c3cccs3)=C12. The van der Waals surface area contributed by atoms with Crippen molar-refractivity contribution in [2.45, 2.75) is 12.8 Å². The van der Waals surface area contributed by atoms with E-state index in [-0.39, 0.29) is 0 Å². The zero-order chi connectivity index (χ0) is 17.3. The van der Waals surface area contributed by atoms with Gasteiger partial charge in [-0.3, -0.25) is 0 Å². The number of fused-ring (bicyclic) bond motifs is 1. The summed E-state index contributed by atoms with van der Waals surface area (Å²) in [7, 11) is 4.72. The van der Waals surface area contributed by atoms with E-state index < -0.39 is 11.9 Å². The molecule has 5 nitrogen and oxygen atoms in total. The molecule has 2 heterocycles. The molecule has 0 fully saturated rings. The number of thiophene rings is 1. The fraction of sp³-hybridized carbons (Fsp3) is 0.333. The van der Waals surface area contributed by atoms with Crippen LogP contribution in [-0.4, -0.2) is 44.7 Å². The Balaban J connectivity index is 2.29. The van der Waals surface area contributed by atoms with E-state index in [1.54, 1.807) is 17.4 Å². The van der Waals surface area contributed by atoms with Crippen molar-refractivity contribution in [3.63, 3.8) is 0 Å². The van der Waals surface area contributed by atoms with E-state index in [1.807, 2.05) is 24.6 Å². The standard InChI is InChI=1S/C18H19NO4S/c1-19-8-4-6-11-12(17(20)22-2)10-13(18(21)23-3)15(11)16(19)14-7-5-9-24-14/h5,7,9-10H,4,6,8H2,1-3H3. The zero-order valence-electron chi connectivity index (χ0n) is 13.9. The van der Waals surface area contributed by atoms with Crippen molar-refractivity contribution in [2.24, 2.45) is 0 Å². The summed E-state index contributed by atoms with van der Waals surface area (Å²) in [4.78, 5) is 27.7. The molecule has 126 valence electrons. The number of esters is 2. The summed E-state index contributed by atoms with van der Waals surface area (Å²) in [5.41, 5.74) is 3.51. The monoisotopic (exact) mass is 345 g/mol. The molecule has 0 bridgehead atoms. The number of nitrogens with zero attached hydrogens (tertiary/aromatic N) is 1. The van der Waals surface area contributed by atoms with Crippen LogP contribution in [0.2, 0.25) is 0 Å². The van der Waals surface area contributed by atoms with Gasteiger partial charge in [-0.25, -0.2) is 9.59 Å². The van der Waals surface area contributed by atoms with Gasteiger partial charge in [-0.15, -0.1) is 11.3 Å². The number of methoxy groups -OCH3 is 2. The number of rotatable bonds is 3. The molecule has 1 aromatic rings. The summed E-state index contributed by atoms with van der Waals surface area (Å²) in [5.74, 6) is -0.859. The molecule has 0 radical (unpaired) electrons. The van der Waals surface area contributed by atoms with Crippen LogP contribution in [0.4, 0.5) is 0 Å². The molecule has 1 aliphatic heterocycles. The van der Waals surface area contributed by atoms with Gasteiger partial charge in [0.2, 0.25) is 0 Å². The Hall–Kier alpha value is -2.34. The fourth-order valence-electron chi connectivity index (χ4n) is 3.21. The first-order valence-electron chi connectivity index (χ1n) is 7.70. The minimum atomic E-state index is -0.439.